The standard InChI is InChI=1S/C48H26OS2/c1-3-14-32-30(12-1)43(27-21-23-39-36(25-27)29-11-5-8-18-38(29)49-39)31-13-2-4-15-33(31)45(32)37-26-28-22-24-42-46(34-16-6-9-19-40(34)50-42)44(28)47-35-17-7-10-20-41(35)51-48(37)47/h1-26H. The zero-order chi connectivity index (χ0) is 33.2. The third kappa shape index (κ3) is 3.80. The van der Waals surface area contributed by atoms with E-state index in [0.29, 0.717) is 0 Å². The topological polar surface area (TPSA) is 13.1 Å². The van der Waals surface area contributed by atoms with E-state index in [4.69, 9.17) is 4.42 Å². The zero-order valence-electron chi connectivity index (χ0n) is 27.2. The second kappa shape index (κ2) is 10.3. The maximum atomic E-state index is 6.24. The molecule has 1 nitrogen and oxygen atoms in total. The normalized spacial score (nSPS) is 12.3. The van der Waals surface area contributed by atoms with E-state index >= 15 is 0 Å². The highest BCUT2D eigenvalue weighted by Crippen LogP contribution is 2.52. The number of benzene rings is 9. The van der Waals surface area contributed by atoms with Crippen molar-refractivity contribution in [1.29, 1.82) is 0 Å². The summed E-state index contributed by atoms with van der Waals surface area (Å²) in [5.74, 6) is 0. The van der Waals surface area contributed by atoms with Crippen LogP contribution in [0.5, 0.6) is 0 Å². The van der Waals surface area contributed by atoms with E-state index in [9.17, 15) is 0 Å². The molecular weight excluding hydrogens is 657 g/mol. The van der Waals surface area contributed by atoms with Crippen LogP contribution in [-0.4, -0.2) is 0 Å². The molecule has 0 amide bonds. The molecular formula is C48H26OS2. The van der Waals surface area contributed by atoms with Crippen LogP contribution in [0.4, 0.5) is 0 Å². The molecule has 0 radical (unpaired) electrons. The van der Waals surface area contributed by atoms with Gasteiger partial charge in [0.1, 0.15) is 11.2 Å². The summed E-state index contributed by atoms with van der Waals surface area (Å²) < 4.78 is 11.6. The van der Waals surface area contributed by atoms with Crippen LogP contribution in [0.3, 0.4) is 0 Å². The van der Waals surface area contributed by atoms with Crippen molar-refractivity contribution < 1.29 is 4.42 Å². The summed E-state index contributed by atoms with van der Waals surface area (Å²) in [4.78, 5) is 0. The number of hydrogen-bond acceptors (Lipinski definition) is 3. The van der Waals surface area contributed by atoms with E-state index in [1.165, 1.54) is 94.9 Å². The predicted octanol–water partition coefficient (Wildman–Crippen LogP) is 15.1. The second-order valence-electron chi connectivity index (χ2n) is 13.5. The lowest BCUT2D eigenvalue weighted by Gasteiger charge is -2.19. The van der Waals surface area contributed by atoms with Gasteiger partial charge >= 0.3 is 0 Å². The number of thiophene rings is 2. The number of fused-ring (bicyclic) bond motifs is 14. The van der Waals surface area contributed by atoms with Gasteiger partial charge in [-0.1, -0.05) is 115 Å². The van der Waals surface area contributed by atoms with Crippen molar-refractivity contribution >= 4 is 117 Å². The Kier molecular flexibility index (Phi) is 5.59. The third-order valence-corrected chi connectivity index (χ3v) is 13.2. The minimum Gasteiger partial charge on any atom is -0.456 e. The molecule has 0 aliphatic rings. The Hall–Kier alpha value is -6.00. The molecule has 0 unspecified atom stereocenters. The van der Waals surface area contributed by atoms with Crippen LogP contribution in [0.2, 0.25) is 0 Å². The van der Waals surface area contributed by atoms with Gasteiger partial charge in [0.25, 0.3) is 0 Å². The average Bonchev–Trinajstić information content (AvgIpc) is 3.88. The first-order chi connectivity index (χ1) is 25.3. The van der Waals surface area contributed by atoms with Crippen LogP contribution in [0.1, 0.15) is 0 Å². The first-order valence-electron chi connectivity index (χ1n) is 17.3. The molecule has 12 aromatic rings. The molecule has 12 rings (SSSR count). The van der Waals surface area contributed by atoms with Gasteiger partial charge in [-0.2, -0.15) is 0 Å². The Labute approximate surface area is 300 Å². The molecule has 0 saturated heterocycles. The summed E-state index contributed by atoms with van der Waals surface area (Å²) in [6.07, 6.45) is 0. The Balaban J connectivity index is 1.24. The number of rotatable bonds is 2. The SMILES string of the molecule is c1ccc2c(c1)oc1ccc(-c3c4ccccc4c(-c4cc5ccc6sc7ccccc7c6c5c5c4sc4ccccc45)c4ccccc34)cc12. The third-order valence-electron chi connectivity index (χ3n) is 10.8. The Morgan fingerprint density at radius 1 is 0.353 bits per heavy atom. The quantitative estimate of drug-likeness (QED) is 0.165. The lowest BCUT2D eigenvalue weighted by molar-refractivity contribution is 0.669. The number of para-hydroxylation sites is 1. The lowest BCUT2D eigenvalue weighted by atomic mass is 9.84. The van der Waals surface area contributed by atoms with Crippen molar-refractivity contribution in [2.24, 2.45) is 0 Å². The van der Waals surface area contributed by atoms with Gasteiger partial charge in [-0.25, -0.2) is 0 Å². The van der Waals surface area contributed by atoms with Crippen molar-refractivity contribution in [1.82, 2.24) is 0 Å². The van der Waals surface area contributed by atoms with Crippen LogP contribution >= 0.6 is 22.7 Å². The Morgan fingerprint density at radius 2 is 0.922 bits per heavy atom. The van der Waals surface area contributed by atoms with E-state index in [1.54, 1.807) is 0 Å². The van der Waals surface area contributed by atoms with E-state index in [-0.39, 0.29) is 0 Å². The smallest absolute Gasteiger partial charge is 0.135 e. The van der Waals surface area contributed by atoms with Crippen molar-refractivity contribution in [3.63, 3.8) is 0 Å². The van der Waals surface area contributed by atoms with Crippen LogP contribution in [0.25, 0.3) is 117 Å². The van der Waals surface area contributed by atoms with Gasteiger partial charge in [0.2, 0.25) is 0 Å². The highest BCUT2D eigenvalue weighted by Gasteiger charge is 2.23. The van der Waals surface area contributed by atoms with Gasteiger partial charge in [0.05, 0.1) is 0 Å². The molecule has 9 aromatic carbocycles. The molecule has 3 heterocycles. The van der Waals surface area contributed by atoms with Crippen LogP contribution in [0, 0.1) is 0 Å². The first kappa shape index (κ1) is 27.8. The van der Waals surface area contributed by atoms with Crippen molar-refractivity contribution in [3.8, 4) is 22.3 Å². The highest BCUT2D eigenvalue weighted by molar-refractivity contribution is 7.27. The molecule has 0 bridgehead atoms. The summed E-state index contributed by atoms with van der Waals surface area (Å²) in [5.41, 5.74) is 6.90. The molecule has 236 valence electrons. The summed E-state index contributed by atoms with van der Waals surface area (Å²) in [6, 6.07) is 58.1. The molecule has 0 saturated carbocycles. The van der Waals surface area contributed by atoms with Crippen LogP contribution in [-0.2, 0) is 0 Å². The fourth-order valence-corrected chi connectivity index (χ4v) is 11.1. The maximum absolute atomic E-state index is 6.24. The highest BCUT2D eigenvalue weighted by atomic mass is 32.1. The molecule has 3 heteroatoms. The van der Waals surface area contributed by atoms with Crippen molar-refractivity contribution in [2.75, 3.05) is 0 Å². The van der Waals surface area contributed by atoms with E-state index in [0.717, 1.165) is 21.9 Å². The van der Waals surface area contributed by atoms with E-state index < -0.39 is 0 Å². The minimum atomic E-state index is 0.918. The molecule has 0 fully saturated rings. The van der Waals surface area contributed by atoms with Crippen LogP contribution < -0.4 is 0 Å². The first-order valence-corrected chi connectivity index (χ1v) is 19.0. The summed E-state index contributed by atoms with van der Waals surface area (Å²) >= 11 is 3.82. The second-order valence-corrected chi connectivity index (χ2v) is 15.6. The molecule has 0 spiro atoms. The van der Waals surface area contributed by atoms with Crippen molar-refractivity contribution in [3.05, 3.63) is 158 Å². The monoisotopic (exact) mass is 682 g/mol. The van der Waals surface area contributed by atoms with Gasteiger partial charge in [-0.15, -0.1) is 22.7 Å². The fraction of sp³-hybridized carbons (Fsp3) is 0. The molecule has 3 aromatic heterocycles. The summed E-state index contributed by atoms with van der Waals surface area (Å²) in [7, 11) is 0. The summed E-state index contributed by atoms with van der Waals surface area (Å²) in [5, 5.41) is 15.4. The predicted molar refractivity (Wildman–Crippen MR) is 223 cm³/mol. The largest absolute Gasteiger partial charge is 0.456 e. The maximum Gasteiger partial charge on any atom is 0.135 e. The Bertz CT molecular complexity index is 3370. The van der Waals surface area contributed by atoms with Gasteiger partial charge in [-0.3, -0.25) is 0 Å². The van der Waals surface area contributed by atoms with Gasteiger partial charge < -0.3 is 4.42 Å². The van der Waals surface area contributed by atoms with Crippen LogP contribution in [0.15, 0.2) is 162 Å². The summed E-state index contributed by atoms with van der Waals surface area (Å²) in [6.45, 7) is 0. The number of hydrogen-bond donors (Lipinski definition) is 0. The minimum absolute atomic E-state index is 0.918. The van der Waals surface area contributed by atoms with Gasteiger partial charge in [0, 0.05) is 62.1 Å². The van der Waals surface area contributed by atoms with Gasteiger partial charge in [0.15, 0.2) is 0 Å². The average molecular weight is 683 g/mol. The fourth-order valence-electron chi connectivity index (χ4n) is 8.72. The number of furan rings is 1. The zero-order valence-corrected chi connectivity index (χ0v) is 28.9. The molecule has 0 N–H and O–H groups in total. The van der Waals surface area contributed by atoms with E-state index in [1.807, 2.05) is 28.7 Å². The molecule has 0 atom stereocenters. The van der Waals surface area contributed by atoms with Gasteiger partial charge in [-0.05, 0) is 86.1 Å². The van der Waals surface area contributed by atoms with Crippen molar-refractivity contribution in [2.45, 2.75) is 0 Å². The van der Waals surface area contributed by atoms with E-state index in [2.05, 4.69) is 152 Å². The molecule has 51 heavy (non-hydrogen) atoms. The molecule has 0 aliphatic carbocycles. The Morgan fingerprint density at radius 3 is 1.65 bits per heavy atom. The molecule has 0 aliphatic heterocycles. The lowest BCUT2D eigenvalue weighted by Crippen LogP contribution is -1.91.